The molecule has 1 rings (SSSR count). The van der Waals surface area contributed by atoms with E-state index < -0.39 is 9.04 Å². The first kappa shape index (κ1) is 8.24. The molecular weight excluding hydrogens is 144 g/mol. The predicted molar refractivity (Wildman–Crippen MR) is 43.8 cm³/mol. The third kappa shape index (κ3) is 2.07. The van der Waals surface area contributed by atoms with Crippen molar-refractivity contribution in [2.45, 2.75) is 19.0 Å². The van der Waals surface area contributed by atoms with Gasteiger partial charge in [-0.1, -0.05) is 6.92 Å². The van der Waals surface area contributed by atoms with E-state index in [1.54, 1.807) is 0 Å². The maximum absolute atomic E-state index is 5.39. The van der Waals surface area contributed by atoms with Gasteiger partial charge in [0.2, 0.25) is 0 Å². The third-order valence-electron chi connectivity index (χ3n) is 2.09. The van der Waals surface area contributed by atoms with Gasteiger partial charge in [-0.3, -0.25) is 0 Å². The second-order valence-corrected chi connectivity index (χ2v) is 5.91. The van der Waals surface area contributed by atoms with Crippen LogP contribution in [0, 0.1) is 5.92 Å². The molecule has 0 bridgehead atoms. The van der Waals surface area contributed by atoms with Crippen molar-refractivity contribution in [3.05, 3.63) is 0 Å². The molecule has 0 radical (unpaired) electrons. The van der Waals surface area contributed by atoms with E-state index in [2.05, 4.69) is 6.92 Å². The Kier molecular flexibility index (Phi) is 3.38. The summed E-state index contributed by atoms with van der Waals surface area (Å²) in [7, 11) is 1.05. The molecule has 0 aromatic carbocycles. The van der Waals surface area contributed by atoms with Crippen LogP contribution in [0.2, 0.25) is 12.1 Å². The fourth-order valence-electron chi connectivity index (χ4n) is 1.22. The minimum atomic E-state index is -0.796. The highest BCUT2D eigenvalue weighted by molar-refractivity contribution is 6.51. The Labute approximate surface area is 64.3 Å². The molecule has 0 aliphatic carbocycles. The van der Waals surface area contributed by atoms with Gasteiger partial charge in [0.25, 0.3) is 0 Å². The average Bonchev–Trinajstić information content (AvgIpc) is 1.87. The lowest BCUT2D eigenvalue weighted by molar-refractivity contribution is -0.0235. The second kappa shape index (κ2) is 4.11. The lowest BCUT2D eigenvalue weighted by Gasteiger charge is -2.28. The maximum Gasteiger partial charge on any atom is 0.176 e. The molecule has 0 saturated carbocycles. The molecule has 60 valence electrons. The zero-order valence-corrected chi connectivity index (χ0v) is 7.95. The third-order valence-corrected chi connectivity index (χ3v) is 4.86. The van der Waals surface area contributed by atoms with Crippen LogP contribution in [-0.2, 0) is 9.16 Å². The maximum atomic E-state index is 5.39. The number of hydrogen-bond donors (Lipinski definition) is 0. The molecule has 1 fully saturated rings. The largest absolute Gasteiger partial charge is 0.423 e. The van der Waals surface area contributed by atoms with Crippen molar-refractivity contribution < 1.29 is 9.16 Å². The first-order valence-electron chi connectivity index (χ1n) is 3.97. The van der Waals surface area contributed by atoms with Crippen LogP contribution in [0.3, 0.4) is 0 Å². The summed E-state index contributed by atoms with van der Waals surface area (Å²) in [6.45, 7) is 4.18. The molecule has 0 spiro atoms. The molecule has 3 heteroatoms. The standard InChI is InChI=1S/C7H16O2Si/c1-3-10(8-2)6-7-4-9-5-7/h7,10H,3-6H2,1-2H3. The highest BCUT2D eigenvalue weighted by Crippen LogP contribution is 2.18. The van der Waals surface area contributed by atoms with E-state index in [-0.39, 0.29) is 0 Å². The topological polar surface area (TPSA) is 18.5 Å². The Bertz CT molecular complexity index is 89.6. The zero-order chi connectivity index (χ0) is 7.40. The molecule has 1 atom stereocenters. The van der Waals surface area contributed by atoms with Crippen LogP contribution in [0.5, 0.6) is 0 Å². The van der Waals surface area contributed by atoms with E-state index in [1.165, 1.54) is 12.1 Å². The van der Waals surface area contributed by atoms with Gasteiger partial charge in [0.05, 0.1) is 13.2 Å². The highest BCUT2D eigenvalue weighted by atomic mass is 28.3. The van der Waals surface area contributed by atoms with Gasteiger partial charge in [0.1, 0.15) is 0 Å². The fraction of sp³-hybridized carbons (Fsp3) is 1.00. The van der Waals surface area contributed by atoms with Gasteiger partial charge in [0.15, 0.2) is 9.04 Å². The van der Waals surface area contributed by atoms with Crippen LogP contribution in [0.25, 0.3) is 0 Å². The Balaban J connectivity index is 2.08. The SMILES string of the molecule is CC[SiH](CC1COC1)OC. The van der Waals surface area contributed by atoms with Crippen LogP contribution < -0.4 is 0 Å². The number of hydrogen-bond acceptors (Lipinski definition) is 2. The first-order chi connectivity index (χ1) is 4.86. The van der Waals surface area contributed by atoms with Gasteiger partial charge in [-0.05, 0) is 12.1 Å². The van der Waals surface area contributed by atoms with Crippen molar-refractivity contribution >= 4 is 9.04 Å². The summed E-state index contributed by atoms with van der Waals surface area (Å²) in [5.74, 6) is 0.830. The van der Waals surface area contributed by atoms with E-state index in [4.69, 9.17) is 9.16 Å². The van der Waals surface area contributed by atoms with Crippen LogP contribution in [0.4, 0.5) is 0 Å². The summed E-state index contributed by atoms with van der Waals surface area (Å²) in [4.78, 5) is 0. The van der Waals surface area contributed by atoms with Crippen LogP contribution in [0.1, 0.15) is 6.92 Å². The molecular formula is C7H16O2Si. The van der Waals surface area contributed by atoms with Gasteiger partial charge in [-0.2, -0.15) is 0 Å². The van der Waals surface area contributed by atoms with Gasteiger partial charge in [0, 0.05) is 13.0 Å². The normalized spacial score (nSPS) is 22.2. The van der Waals surface area contributed by atoms with Crippen molar-refractivity contribution in [3.8, 4) is 0 Å². The van der Waals surface area contributed by atoms with E-state index in [9.17, 15) is 0 Å². The quantitative estimate of drug-likeness (QED) is 0.572. The van der Waals surface area contributed by atoms with Crippen molar-refractivity contribution in [1.29, 1.82) is 0 Å². The van der Waals surface area contributed by atoms with Crippen molar-refractivity contribution in [2.75, 3.05) is 20.3 Å². The summed E-state index contributed by atoms with van der Waals surface area (Å²) in [5, 5.41) is 0. The van der Waals surface area contributed by atoms with Gasteiger partial charge >= 0.3 is 0 Å². The molecule has 10 heavy (non-hydrogen) atoms. The van der Waals surface area contributed by atoms with E-state index >= 15 is 0 Å². The van der Waals surface area contributed by atoms with Crippen molar-refractivity contribution in [2.24, 2.45) is 5.92 Å². The second-order valence-electron chi connectivity index (χ2n) is 2.91. The van der Waals surface area contributed by atoms with Crippen LogP contribution in [0.15, 0.2) is 0 Å². The molecule has 1 unspecified atom stereocenters. The Morgan fingerprint density at radius 2 is 2.30 bits per heavy atom. The molecule has 1 aliphatic heterocycles. The van der Waals surface area contributed by atoms with Crippen molar-refractivity contribution in [3.63, 3.8) is 0 Å². The fourth-order valence-corrected chi connectivity index (χ4v) is 3.10. The lowest BCUT2D eigenvalue weighted by Crippen LogP contribution is -2.32. The number of rotatable bonds is 4. The van der Waals surface area contributed by atoms with Crippen molar-refractivity contribution in [1.82, 2.24) is 0 Å². The lowest BCUT2D eigenvalue weighted by atomic mass is 10.1. The predicted octanol–water partition coefficient (Wildman–Crippen LogP) is 1.02. The van der Waals surface area contributed by atoms with Gasteiger partial charge < -0.3 is 9.16 Å². The number of ether oxygens (including phenoxy) is 1. The Hall–Kier alpha value is 0.137. The van der Waals surface area contributed by atoms with Crippen LogP contribution >= 0.6 is 0 Å². The molecule has 0 aromatic heterocycles. The zero-order valence-electron chi connectivity index (χ0n) is 6.80. The van der Waals surface area contributed by atoms with E-state index in [0.717, 1.165) is 19.1 Å². The molecule has 0 N–H and O–H groups in total. The molecule has 1 aliphatic rings. The summed E-state index contributed by atoms with van der Waals surface area (Å²) >= 11 is 0. The summed E-state index contributed by atoms with van der Waals surface area (Å²) < 4.78 is 10.5. The van der Waals surface area contributed by atoms with Crippen LogP contribution in [-0.4, -0.2) is 29.4 Å². The molecule has 1 heterocycles. The first-order valence-corrected chi connectivity index (χ1v) is 6.07. The van der Waals surface area contributed by atoms with E-state index in [1.807, 2.05) is 7.11 Å². The summed E-state index contributed by atoms with van der Waals surface area (Å²) in [6.07, 6.45) is 0. The van der Waals surface area contributed by atoms with E-state index in [0.29, 0.717) is 0 Å². The molecule has 1 saturated heterocycles. The van der Waals surface area contributed by atoms with Gasteiger partial charge in [-0.25, -0.2) is 0 Å². The minimum Gasteiger partial charge on any atom is -0.423 e. The van der Waals surface area contributed by atoms with Gasteiger partial charge in [-0.15, -0.1) is 0 Å². The molecule has 0 amide bonds. The Morgan fingerprint density at radius 3 is 2.60 bits per heavy atom. The Morgan fingerprint density at radius 1 is 1.60 bits per heavy atom. The average molecular weight is 160 g/mol. The molecule has 2 nitrogen and oxygen atoms in total. The molecule has 0 aromatic rings. The highest BCUT2D eigenvalue weighted by Gasteiger charge is 2.22. The summed E-state index contributed by atoms with van der Waals surface area (Å²) in [5.41, 5.74) is 0. The minimum absolute atomic E-state index is 0.796. The smallest absolute Gasteiger partial charge is 0.176 e. The monoisotopic (exact) mass is 160 g/mol. The summed E-state index contributed by atoms with van der Waals surface area (Å²) in [6, 6.07) is 2.57.